The van der Waals surface area contributed by atoms with E-state index in [1.807, 2.05) is 0 Å². The van der Waals surface area contributed by atoms with Crippen molar-refractivity contribution in [1.82, 2.24) is 14.3 Å². The number of primary amides is 1. The molecule has 1 aliphatic rings. The third kappa shape index (κ3) is 4.45. The van der Waals surface area contributed by atoms with E-state index in [4.69, 9.17) is 10.5 Å². The predicted molar refractivity (Wildman–Crippen MR) is 97.2 cm³/mol. The van der Waals surface area contributed by atoms with Crippen LogP contribution in [0.1, 0.15) is 48.9 Å². The summed E-state index contributed by atoms with van der Waals surface area (Å²) >= 11 is 1.48. The van der Waals surface area contributed by atoms with Gasteiger partial charge >= 0.3 is 0 Å². The third-order valence-corrected chi connectivity index (χ3v) is 5.09. The van der Waals surface area contributed by atoms with E-state index in [1.165, 1.54) is 11.5 Å². The highest BCUT2D eigenvalue weighted by molar-refractivity contribution is 7.09. The first kappa shape index (κ1) is 17.6. The number of amides is 1. The highest BCUT2D eigenvalue weighted by Gasteiger charge is 2.22. The largest absolute Gasteiger partial charge is 0.493 e. The van der Waals surface area contributed by atoms with Gasteiger partial charge in [0.1, 0.15) is 17.3 Å². The van der Waals surface area contributed by atoms with Crippen LogP contribution in [0.4, 0.5) is 5.13 Å². The number of ether oxygens (including phenoxy) is 1. The minimum Gasteiger partial charge on any atom is -0.493 e. The number of pyridine rings is 1. The van der Waals surface area contributed by atoms with Crippen molar-refractivity contribution < 1.29 is 9.53 Å². The minimum atomic E-state index is -0.545. The third-order valence-electron chi connectivity index (χ3n) is 4.30. The van der Waals surface area contributed by atoms with Gasteiger partial charge in [-0.1, -0.05) is 13.8 Å². The van der Waals surface area contributed by atoms with E-state index in [0.717, 1.165) is 36.9 Å². The van der Waals surface area contributed by atoms with Crippen LogP contribution in [0.3, 0.4) is 0 Å². The second-order valence-electron chi connectivity index (χ2n) is 6.57. The number of hydrogen-bond acceptors (Lipinski definition) is 7. The van der Waals surface area contributed by atoms with Crippen LogP contribution >= 0.6 is 11.5 Å². The molecule has 2 aromatic rings. The van der Waals surface area contributed by atoms with Crippen LogP contribution in [0.15, 0.2) is 18.3 Å². The van der Waals surface area contributed by atoms with Gasteiger partial charge in [0.05, 0.1) is 6.61 Å². The summed E-state index contributed by atoms with van der Waals surface area (Å²) in [4.78, 5) is 22.0. The van der Waals surface area contributed by atoms with Crippen LogP contribution < -0.4 is 15.4 Å². The highest BCUT2D eigenvalue weighted by atomic mass is 32.1. The lowest BCUT2D eigenvalue weighted by molar-refractivity contribution is 0.0995. The molecule has 1 amide bonds. The lowest BCUT2D eigenvalue weighted by atomic mass is 9.98. The summed E-state index contributed by atoms with van der Waals surface area (Å²) in [5.74, 6) is 1.86. The lowest BCUT2D eigenvalue weighted by Crippen LogP contribution is -2.35. The molecule has 0 aliphatic carbocycles. The zero-order valence-electron chi connectivity index (χ0n) is 14.5. The van der Waals surface area contributed by atoms with E-state index in [-0.39, 0.29) is 5.69 Å². The standard InChI is InChI=1S/C17H23N5O2S/c1-11(2)16-20-17(25-21-16)22-7-4-12(5-8-22)10-24-13-3-6-19-14(9-13)15(18)23/h3,6,9,11-12H,4-5,7-8,10H2,1-2H3,(H2,18,23). The second kappa shape index (κ2) is 7.77. The van der Waals surface area contributed by atoms with Crippen LogP contribution in [0, 0.1) is 5.92 Å². The van der Waals surface area contributed by atoms with Crippen molar-refractivity contribution in [3.63, 3.8) is 0 Å². The molecule has 0 saturated carbocycles. The van der Waals surface area contributed by atoms with Gasteiger partial charge in [-0.25, -0.2) is 4.98 Å². The normalized spacial score (nSPS) is 15.6. The molecule has 1 aliphatic heterocycles. The molecule has 134 valence electrons. The number of aromatic nitrogens is 3. The number of anilines is 1. The number of piperidine rings is 1. The Hall–Kier alpha value is -2.22. The van der Waals surface area contributed by atoms with Gasteiger partial charge in [0.15, 0.2) is 0 Å². The molecule has 0 bridgehead atoms. The van der Waals surface area contributed by atoms with Gasteiger partial charge in [-0.3, -0.25) is 9.78 Å². The maximum atomic E-state index is 11.2. The number of carbonyl (C=O) groups is 1. The van der Waals surface area contributed by atoms with Crippen LogP contribution in [-0.4, -0.2) is 39.9 Å². The Morgan fingerprint density at radius 1 is 1.44 bits per heavy atom. The SMILES string of the molecule is CC(C)c1nsc(N2CCC(COc3ccnc(C(N)=O)c3)CC2)n1. The molecule has 0 spiro atoms. The van der Waals surface area contributed by atoms with Crippen LogP contribution in [0.5, 0.6) is 5.75 Å². The number of hydrogen-bond donors (Lipinski definition) is 1. The van der Waals surface area contributed by atoms with Gasteiger partial charge in [-0.05, 0) is 24.8 Å². The van der Waals surface area contributed by atoms with E-state index in [9.17, 15) is 4.79 Å². The summed E-state index contributed by atoms with van der Waals surface area (Å²) in [6, 6.07) is 3.34. The van der Waals surface area contributed by atoms with E-state index in [2.05, 4.69) is 33.1 Å². The molecular formula is C17H23N5O2S. The monoisotopic (exact) mass is 361 g/mol. The molecule has 8 heteroatoms. The number of nitrogens with two attached hydrogens (primary N) is 1. The van der Waals surface area contributed by atoms with E-state index < -0.39 is 5.91 Å². The molecule has 25 heavy (non-hydrogen) atoms. The Morgan fingerprint density at radius 2 is 2.20 bits per heavy atom. The molecule has 0 radical (unpaired) electrons. The second-order valence-corrected chi connectivity index (χ2v) is 7.30. The maximum Gasteiger partial charge on any atom is 0.267 e. The molecule has 1 fully saturated rings. The molecular weight excluding hydrogens is 338 g/mol. The fourth-order valence-electron chi connectivity index (χ4n) is 2.73. The van der Waals surface area contributed by atoms with Crippen LogP contribution in [0.25, 0.3) is 0 Å². The minimum absolute atomic E-state index is 0.226. The Balaban J connectivity index is 1.49. The molecule has 0 atom stereocenters. The van der Waals surface area contributed by atoms with Gasteiger partial charge < -0.3 is 15.4 Å². The van der Waals surface area contributed by atoms with E-state index >= 15 is 0 Å². The van der Waals surface area contributed by atoms with Gasteiger partial charge in [-0.2, -0.15) is 4.37 Å². The van der Waals surface area contributed by atoms with Gasteiger partial charge in [-0.15, -0.1) is 0 Å². The molecule has 2 aromatic heterocycles. The smallest absolute Gasteiger partial charge is 0.267 e. The molecule has 3 heterocycles. The van der Waals surface area contributed by atoms with Gasteiger partial charge in [0.25, 0.3) is 5.91 Å². The maximum absolute atomic E-state index is 11.2. The molecule has 7 nitrogen and oxygen atoms in total. The Bertz CT molecular complexity index is 725. The first-order valence-electron chi connectivity index (χ1n) is 8.50. The first-order chi connectivity index (χ1) is 12.0. The zero-order valence-corrected chi connectivity index (χ0v) is 15.3. The molecule has 1 saturated heterocycles. The van der Waals surface area contributed by atoms with Crippen molar-refractivity contribution in [2.24, 2.45) is 11.7 Å². The summed E-state index contributed by atoms with van der Waals surface area (Å²) in [6.45, 7) is 6.77. The average Bonchev–Trinajstić information content (AvgIpc) is 3.11. The lowest BCUT2D eigenvalue weighted by Gasteiger charge is -2.31. The molecule has 0 aromatic carbocycles. The molecule has 2 N–H and O–H groups in total. The summed E-state index contributed by atoms with van der Waals surface area (Å²) < 4.78 is 10.3. The predicted octanol–water partition coefficient (Wildman–Crippen LogP) is 2.45. The van der Waals surface area contributed by atoms with Crippen molar-refractivity contribution in [1.29, 1.82) is 0 Å². The van der Waals surface area contributed by atoms with Gasteiger partial charge in [0.2, 0.25) is 5.13 Å². The summed E-state index contributed by atoms with van der Waals surface area (Å²) in [6.07, 6.45) is 3.63. The van der Waals surface area contributed by atoms with E-state index in [0.29, 0.717) is 24.2 Å². The van der Waals surface area contributed by atoms with Crippen LogP contribution in [0.2, 0.25) is 0 Å². The van der Waals surface area contributed by atoms with Crippen molar-refractivity contribution in [2.75, 3.05) is 24.6 Å². The number of carbonyl (C=O) groups excluding carboxylic acids is 1. The average molecular weight is 361 g/mol. The summed E-state index contributed by atoms with van der Waals surface area (Å²) in [7, 11) is 0. The van der Waals surface area contributed by atoms with Crippen molar-refractivity contribution in [3.05, 3.63) is 29.8 Å². The van der Waals surface area contributed by atoms with Crippen LogP contribution in [-0.2, 0) is 0 Å². The highest BCUT2D eigenvalue weighted by Crippen LogP contribution is 2.27. The van der Waals surface area contributed by atoms with Crippen molar-refractivity contribution in [2.45, 2.75) is 32.6 Å². The number of rotatable bonds is 6. The van der Waals surface area contributed by atoms with Crippen molar-refractivity contribution >= 4 is 22.6 Å². The zero-order chi connectivity index (χ0) is 17.8. The van der Waals surface area contributed by atoms with Crippen molar-refractivity contribution in [3.8, 4) is 5.75 Å². The molecule has 3 rings (SSSR count). The Morgan fingerprint density at radius 3 is 2.84 bits per heavy atom. The molecule has 0 unspecified atom stereocenters. The fraction of sp³-hybridized carbons (Fsp3) is 0.529. The summed E-state index contributed by atoms with van der Waals surface area (Å²) in [5.41, 5.74) is 5.47. The Labute approximate surface area is 151 Å². The first-order valence-corrected chi connectivity index (χ1v) is 9.27. The number of nitrogens with zero attached hydrogens (tertiary/aromatic N) is 4. The van der Waals surface area contributed by atoms with E-state index in [1.54, 1.807) is 18.3 Å². The summed E-state index contributed by atoms with van der Waals surface area (Å²) in [5, 5.41) is 1.02. The fourth-order valence-corrected chi connectivity index (χ4v) is 3.59. The Kier molecular flexibility index (Phi) is 5.47. The quantitative estimate of drug-likeness (QED) is 0.849. The van der Waals surface area contributed by atoms with Gasteiger partial charge in [0, 0.05) is 42.8 Å². The topological polar surface area (TPSA) is 94.2 Å².